The minimum atomic E-state index is -3.90. The van der Waals surface area contributed by atoms with Gasteiger partial charge in [-0.15, -0.1) is 0 Å². The summed E-state index contributed by atoms with van der Waals surface area (Å²) in [6, 6.07) is 13.3. The zero-order chi connectivity index (χ0) is 20.6. The van der Waals surface area contributed by atoms with Gasteiger partial charge in [0.1, 0.15) is 21.8 Å². The van der Waals surface area contributed by atoms with Gasteiger partial charge in [-0.05, 0) is 44.2 Å². The van der Waals surface area contributed by atoms with E-state index in [1.165, 1.54) is 6.07 Å². The molecule has 0 aliphatic rings. The van der Waals surface area contributed by atoms with Crippen molar-refractivity contribution < 1.29 is 22.4 Å². The SMILES string of the molecule is CCOC(=O)c1c(C)oc2ccc(NS(=O)(=O)c3cccc4cccnc34)cc12. The second-order valence-electron chi connectivity index (χ2n) is 6.40. The van der Waals surface area contributed by atoms with Gasteiger partial charge in [-0.25, -0.2) is 13.2 Å². The van der Waals surface area contributed by atoms with Gasteiger partial charge in [0.15, 0.2) is 0 Å². The number of para-hydroxylation sites is 1. The molecule has 1 N–H and O–H groups in total. The number of fused-ring (bicyclic) bond motifs is 2. The van der Waals surface area contributed by atoms with E-state index in [1.54, 1.807) is 62.5 Å². The number of sulfonamides is 1. The Bertz CT molecular complexity index is 1340. The number of aryl methyl sites for hydroxylation is 1. The van der Waals surface area contributed by atoms with Crippen molar-refractivity contribution >= 4 is 43.6 Å². The van der Waals surface area contributed by atoms with Gasteiger partial charge < -0.3 is 9.15 Å². The van der Waals surface area contributed by atoms with Gasteiger partial charge in [-0.2, -0.15) is 0 Å². The number of nitrogens with one attached hydrogen (secondary N) is 1. The average molecular weight is 410 g/mol. The van der Waals surface area contributed by atoms with Crippen molar-refractivity contribution in [3.63, 3.8) is 0 Å². The van der Waals surface area contributed by atoms with Crippen LogP contribution in [0.5, 0.6) is 0 Å². The molecule has 148 valence electrons. The van der Waals surface area contributed by atoms with E-state index in [9.17, 15) is 13.2 Å². The van der Waals surface area contributed by atoms with Crippen LogP contribution < -0.4 is 4.72 Å². The molecule has 29 heavy (non-hydrogen) atoms. The van der Waals surface area contributed by atoms with Crippen LogP contribution in [0.3, 0.4) is 0 Å². The van der Waals surface area contributed by atoms with Crippen LogP contribution in [0, 0.1) is 6.92 Å². The van der Waals surface area contributed by atoms with E-state index >= 15 is 0 Å². The molecule has 4 aromatic rings. The number of esters is 1. The molecule has 0 aliphatic carbocycles. The third-order valence-electron chi connectivity index (χ3n) is 4.48. The highest BCUT2D eigenvalue weighted by atomic mass is 32.2. The van der Waals surface area contributed by atoms with E-state index in [1.807, 2.05) is 0 Å². The van der Waals surface area contributed by atoms with E-state index in [0.717, 1.165) is 5.39 Å². The Hall–Kier alpha value is -3.39. The molecule has 0 bridgehead atoms. The minimum Gasteiger partial charge on any atom is -0.462 e. The Kier molecular flexibility index (Phi) is 4.71. The van der Waals surface area contributed by atoms with Crippen LogP contribution in [0.2, 0.25) is 0 Å². The molecule has 0 fully saturated rings. The van der Waals surface area contributed by atoms with Crippen LogP contribution >= 0.6 is 0 Å². The van der Waals surface area contributed by atoms with E-state index in [2.05, 4.69) is 9.71 Å². The number of ether oxygens (including phenoxy) is 1. The first-order chi connectivity index (χ1) is 13.9. The molecule has 0 atom stereocenters. The summed E-state index contributed by atoms with van der Waals surface area (Å²) in [5, 5.41) is 1.21. The Morgan fingerprint density at radius 2 is 1.97 bits per heavy atom. The lowest BCUT2D eigenvalue weighted by Crippen LogP contribution is -2.13. The van der Waals surface area contributed by atoms with E-state index in [-0.39, 0.29) is 17.1 Å². The molecule has 0 radical (unpaired) electrons. The Morgan fingerprint density at radius 1 is 1.17 bits per heavy atom. The topological polar surface area (TPSA) is 98.5 Å². The average Bonchev–Trinajstić information content (AvgIpc) is 3.02. The fourth-order valence-electron chi connectivity index (χ4n) is 3.24. The van der Waals surface area contributed by atoms with Gasteiger partial charge in [-0.3, -0.25) is 9.71 Å². The number of anilines is 1. The van der Waals surface area contributed by atoms with Gasteiger partial charge in [0.25, 0.3) is 10.0 Å². The smallest absolute Gasteiger partial charge is 0.342 e. The Morgan fingerprint density at radius 3 is 2.76 bits per heavy atom. The molecule has 7 nitrogen and oxygen atoms in total. The highest BCUT2D eigenvalue weighted by Crippen LogP contribution is 2.30. The quantitative estimate of drug-likeness (QED) is 0.494. The summed E-state index contributed by atoms with van der Waals surface area (Å²) in [5.41, 5.74) is 1.45. The zero-order valence-electron chi connectivity index (χ0n) is 15.8. The number of hydrogen-bond donors (Lipinski definition) is 1. The molecule has 0 saturated heterocycles. The number of benzene rings is 2. The molecule has 8 heteroatoms. The summed E-state index contributed by atoms with van der Waals surface area (Å²) in [7, 11) is -3.90. The summed E-state index contributed by atoms with van der Waals surface area (Å²) in [6.45, 7) is 3.61. The predicted molar refractivity (Wildman–Crippen MR) is 109 cm³/mol. The molecule has 0 saturated carbocycles. The monoisotopic (exact) mass is 410 g/mol. The van der Waals surface area contributed by atoms with Gasteiger partial charge in [0, 0.05) is 22.7 Å². The summed E-state index contributed by atoms with van der Waals surface area (Å²) in [6.07, 6.45) is 1.55. The lowest BCUT2D eigenvalue weighted by molar-refractivity contribution is 0.0526. The highest BCUT2D eigenvalue weighted by Gasteiger charge is 2.22. The molecule has 0 amide bonds. The molecule has 0 spiro atoms. The van der Waals surface area contributed by atoms with Crippen LogP contribution in [0.15, 0.2) is 64.0 Å². The van der Waals surface area contributed by atoms with E-state index in [0.29, 0.717) is 27.9 Å². The maximum Gasteiger partial charge on any atom is 0.342 e. The minimum absolute atomic E-state index is 0.0738. The van der Waals surface area contributed by atoms with Crippen LogP contribution in [0.1, 0.15) is 23.0 Å². The molecule has 2 heterocycles. The highest BCUT2D eigenvalue weighted by molar-refractivity contribution is 7.93. The Labute approximate surface area is 167 Å². The first-order valence-electron chi connectivity index (χ1n) is 8.97. The first-order valence-corrected chi connectivity index (χ1v) is 10.5. The van der Waals surface area contributed by atoms with Crippen molar-refractivity contribution in [1.29, 1.82) is 0 Å². The summed E-state index contributed by atoms with van der Waals surface area (Å²) in [4.78, 5) is 16.6. The van der Waals surface area contributed by atoms with Crippen molar-refractivity contribution in [1.82, 2.24) is 4.98 Å². The fourth-order valence-corrected chi connectivity index (χ4v) is 4.47. The van der Waals surface area contributed by atoms with Crippen LogP contribution in [-0.2, 0) is 14.8 Å². The summed E-state index contributed by atoms with van der Waals surface area (Å²) < 4.78 is 39.3. The number of nitrogens with zero attached hydrogens (tertiary/aromatic N) is 1. The number of rotatable bonds is 5. The number of hydrogen-bond acceptors (Lipinski definition) is 6. The fraction of sp³-hybridized carbons (Fsp3) is 0.143. The molecule has 0 aliphatic heterocycles. The number of carbonyl (C=O) groups is 1. The van der Waals surface area contributed by atoms with E-state index < -0.39 is 16.0 Å². The summed E-state index contributed by atoms with van der Waals surface area (Å²) in [5.74, 6) is -0.0984. The molecule has 0 unspecified atom stereocenters. The van der Waals surface area contributed by atoms with Crippen molar-refractivity contribution in [3.8, 4) is 0 Å². The number of carbonyl (C=O) groups excluding carboxylic acids is 1. The standard InChI is InChI=1S/C21H18N2O5S/c1-3-27-21(24)19-13(2)28-17-10-9-15(12-16(17)19)23-29(25,26)18-8-4-6-14-7-5-11-22-20(14)18/h4-12,23H,3H2,1-2H3. The molecular formula is C21H18N2O5S. The Balaban J connectivity index is 1.77. The first kappa shape index (κ1) is 18.9. The molecule has 2 aromatic heterocycles. The molecule has 4 rings (SSSR count). The molecule has 2 aromatic carbocycles. The van der Waals surface area contributed by atoms with Crippen LogP contribution in [-0.4, -0.2) is 26.0 Å². The third-order valence-corrected chi connectivity index (χ3v) is 5.89. The van der Waals surface area contributed by atoms with Crippen LogP contribution in [0.4, 0.5) is 5.69 Å². The second-order valence-corrected chi connectivity index (χ2v) is 8.05. The maximum absolute atomic E-state index is 13.0. The van der Waals surface area contributed by atoms with Gasteiger partial charge in [0.2, 0.25) is 0 Å². The van der Waals surface area contributed by atoms with Gasteiger partial charge in [0.05, 0.1) is 12.1 Å². The van der Waals surface area contributed by atoms with Crippen molar-refractivity contribution in [2.24, 2.45) is 0 Å². The van der Waals surface area contributed by atoms with Gasteiger partial charge >= 0.3 is 5.97 Å². The number of furan rings is 1. The van der Waals surface area contributed by atoms with Gasteiger partial charge in [-0.1, -0.05) is 18.2 Å². The largest absolute Gasteiger partial charge is 0.462 e. The molecular weight excluding hydrogens is 392 g/mol. The summed E-state index contributed by atoms with van der Waals surface area (Å²) >= 11 is 0. The maximum atomic E-state index is 13.0. The lowest BCUT2D eigenvalue weighted by Gasteiger charge is -2.10. The number of aromatic nitrogens is 1. The van der Waals surface area contributed by atoms with Crippen molar-refractivity contribution in [2.75, 3.05) is 11.3 Å². The van der Waals surface area contributed by atoms with Crippen LogP contribution in [0.25, 0.3) is 21.9 Å². The zero-order valence-corrected chi connectivity index (χ0v) is 16.6. The lowest BCUT2D eigenvalue weighted by atomic mass is 10.1. The predicted octanol–water partition coefficient (Wildman–Crippen LogP) is 4.27. The van der Waals surface area contributed by atoms with E-state index in [4.69, 9.17) is 9.15 Å². The normalized spacial score (nSPS) is 11.7. The number of pyridine rings is 1. The second kappa shape index (κ2) is 7.21. The van der Waals surface area contributed by atoms with Crippen molar-refractivity contribution in [2.45, 2.75) is 18.7 Å². The third kappa shape index (κ3) is 3.42. The van der Waals surface area contributed by atoms with Crippen molar-refractivity contribution in [3.05, 3.63) is 66.1 Å².